The minimum Gasteiger partial charge on any atom is -0.243 e. The number of hydrogen-bond donors (Lipinski definition) is 0. The van der Waals surface area contributed by atoms with E-state index in [0.29, 0.717) is 11.0 Å². The average molecular weight is 252 g/mol. The Hall–Kier alpha value is -2.31. The molecule has 0 saturated carbocycles. The number of imidazole rings is 2. The summed E-state index contributed by atoms with van der Waals surface area (Å²) in [4.78, 5) is 7.89. The summed E-state index contributed by atoms with van der Waals surface area (Å²) < 4.78 is 41.0. The summed E-state index contributed by atoms with van der Waals surface area (Å²) >= 11 is 0. The molecule has 0 aliphatic carbocycles. The standard InChI is InChI=1S/C11H7F3N4/c12-11(13,14)8-1-2-9-10(5-8)18(7-16-9)17-4-3-15-6-17/h1-7H. The Kier molecular flexibility index (Phi) is 2.16. The fraction of sp³-hybridized carbons (Fsp3) is 0.0909. The average Bonchev–Trinajstić information content (AvgIpc) is 2.95. The van der Waals surface area contributed by atoms with Crippen LogP contribution in [0.15, 0.2) is 43.2 Å². The zero-order valence-electron chi connectivity index (χ0n) is 8.96. The van der Waals surface area contributed by atoms with Crippen molar-refractivity contribution in [2.24, 2.45) is 0 Å². The quantitative estimate of drug-likeness (QED) is 0.667. The molecule has 18 heavy (non-hydrogen) atoms. The summed E-state index contributed by atoms with van der Waals surface area (Å²) in [6, 6.07) is 3.45. The molecule has 0 atom stereocenters. The van der Waals surface area contributed by atoms with E-state index >= 15 is 0 Å². The van der Waals surface area contributed by atoms with Crippen molar-refractivity contribution in [3.8, 4) is 0 Å². The maximum absolute atomic E-state index is 12.6. The van der Waals surface area contributed by atoms with Crippen molar-refractivity contribution >= 4 is 11.0 Å². The fourth-order valence-corrected chi connectivity index (χ4v) is 1.74. The van der Waals surface area contributed by atoms with Crippen LogP contribution in [0, 0.1) is 0 Å². The van der Waals surface area contributed by atoms with Crippen molar-refractivity contribution in [2.75, 3.05) is 0 Å². The van der Waals surface area contributed by atoms with E-state index in [1.807, 2.05) is 0 Å². The molecule has 0 saturated heterocycles. The largest absolute Gasteiger partial charge is 0.416 e. The van der Waals surface area contributed by atoms with Crippen molar-refractivity contribution in [3.05, 3.63) is 48.8 Å². The Bertz CT molecular complexity index is 682. The van der Waals surface area contributed by atoms with Crippen molar-refractivity contribution in [2.45, 2.75) is 6.18 Å². The predicted molar refractivity (Wildman–Crippen MR) is 57.8 cm³/mol. The highest BCUT2D eigenvalue weighted by Crippen LogP contribution is 2.31. The van der Waals surface area contributed by atoms with Gasteiger partial charge in [-0.15, -0.1) is 0 Å². The first-order chi connectivity index (χ1) is 8.55. The molecule has 0 spiro atoms. The number of rotatable bonds is 1. The molecule has 1 aromatic carbocycles. The van der Waals surface area contributed by atoms with Gasteiger partial charge in [-0.05, 0) is 18.2 Å². The van der Waals surface area contributed by atoms with Crippen molar-refractivity contribution in [1.29, 1.82) is 0 Å². The summed E-state index contributed by atoms with van der Waals surface area (Å²) in [5.74, 6) is 0. The summed E-state index contributed by atoms with van der Waals surface area (Å²) in [7, 11) is 0. The third kappa shape index (κ3) is 1.64. The van der Waals surface area contributed by atoms with Crippen LogP contribution in [-0.4, -0.2) is 19.3 Å². The molecule has 0 aliphatic heterocycles. The van der Waals surface area contributed by atoms with E-state index in [0.717, 1.165) is 12.1 Å². The monoisotopic (exact) mass is 252 g/mol. The first-order valence-electron chi connectivity index (χ1n) is 5.08. The zero-order valence-corrected chi connectivity index (χ0v) is 8.96. The highest BCUT2D eigenvalue weighted by molar-refractivity contribution is 5.76. The van der Waals surface area contributed by atoms with Crippen molar-refractivity contribution < 1.29 is 13.2 Å². The van der Waals surface area contributed by atoms with Gasteiger partial charge in [0.2, 0.25) is 0 Å². The van der Waals surface area contributed by atoms with E-state index in [1.165, 1.54) is 23.4 Å². The van der Waals surface area contributed by atoms with E-state index in [2.05, 4.69) is 9.97 Å². The minimum atomic E-state index is -4.36. The van der Waals surface area contributed by atoms with Crippen molar-refractivity contribution in [1.82, 2.24) is 19.3 Å². The lowest BCUT2D eigenvalue weighted by atomic mass is 10.2. The lowest BCUT2D eigenvalue weighted by molar-refractivity contribution is -0.137. The highest BCUT2D eigenvalue weighted by Gasteiger charge is 2.30. The molecule has 0 amide bonds. The normalized spacial score (nSPS) is 12.2. The molecule has 0 fully saturated rings. The van der Waals surface area contributed by atoms with Crippen LogP contribution in [0.1, 0.15) is 5.56 Å². The molecule has 0 radical (unpaired) electrons. The van der Waals surface area contributed by atoms with Crippen LogP contribution in [0.3, 0.4) is 0 Å². The molecule has 0 bridgehead atoms. The number of halogens is 3. The molecule has 2 aromatic heterocycles. The first-order valence-corrected chi connectivity index (χ1v) is 5.08. The van der Waals surface area contributed by atoms with E-state index in [1.54, 1.807) is 17.1 Å². The van der Waals surface area contributed by atoms with Gasteiger partial charge >= 0.3 is 6.18 Å². The van der Waals surface area contributed by atoms with Gasteiger partial charge in [-0.3, -0.25) is 0 Å². The number of fused-ring (bicyclic) bond motifs is 1. The van der Waals surface area contributed by atoms with Crippen LogP contribution in [0.5, 0.6) is 0 Å². The fourth-order valence-electron chi connectivity index (χ4n) is 1.74. The first kappa shape index (κ1) is 10.8. The molecule has 0 unspecified atom stereocenters. The Balaban J connectivity index is 2.23. The third-order valence-corrected chi connectivity index (χ3v) is 2.59. The van der Waals surface area contributed by atoms with Gasteiger partial charge in [0.15, 0.2) is 0 Å². The highest BCUT2D eigenvalue weighted by atomic mass is 19.4. The SMILES string of the molecule is FC(F)(F)c1ccc2ncn(-n3ccnc3)c2c1. The minimum absolute atomic E-state index is 0.378. The van der Waals surface area contributed by atoms with Crippen LogP contribution in [0.4, 0.5) is 13.2 Å². The van der Waals surface area contributed by atoms with Crippen LogP contribution < -0.4 is 0 Å². The lowest BCUT2D eigenvalue weighted by Crippen LogP contribution is -2.07. The van der Waals surface area contributed by atoms with Gasteiger partial charge in [0.05, 0.1) is 16.6 Å². The molecule has 0 aliphatic rings. The number of hydrogen-bond acceptors (Lipinski definition) is 2. The molecule has 4 nitrogen and oxygen atoms in total. The number of benzene rings is 1. The second-order valence-electron chi connectivity index (χ2n) is 3.73. The lowest BCUT2D eigenvalue weighted by Gasteiger charge is -2.08. The van der Waals surface area contributed by atoms with Gasteiger partial charge in [0.25, 0.3) is 0 Å². The molecule has 0 N–H and O–H groups in total. The van der Waals surface area contributed by atoms with E-state index in [-0.39, 0.29) is 0 Å². The smallest absolute Gasteiger partial charge is 0.243 e. The predicted octanol–water partition coefficient (Wildman–Crippen LogP) is 2.56. The number of nitrogens with zero attached hydrogens (tertiary/aromatic N) is 4. The van der Waals surface area contributed by atoms with Gasteiger partial charge in [0.1, 0.15) is 12.7 Å². The second-order valence-corrected chi connectivity index (χ2v) is 3.73. The van der Waals surface area contributed by atoms with Crippen molar-refractivity contribution in [3.63, 3.8) is 0 Å². The second kappa shape index (κ2) is 3.59. The van der Waals surface area contributed by atoms with E-state index in [4.69, 9.17) is 0 Å². The number of aromatic nitrogens is 4. The van der Waals surface area contributed by atoms with E-state index in [9.17, 15) is 13.2 Å². The number of alkyl halides is 3. The maximum Gasteiger partial charge on any atom is 0.416 e. The van der Waals surface area contributed by atoms with E-state index < -0.39 is 11.7 Å². The molecule has 92 valence electrons. The summed E-state index contributed by atoms with van der Waals surface area (Å²) in [6.45, 7) is 0. The van der Waals surface area contributed by atoms with Gasteiger partial charge < -0.3 is 0 Å². The maximum atomic E-state index is 12.6. The Morgan fingerprint density at radius 2 is 1.94 bits per heavy atom. The van der Waals surface area contributed by atoms with Crippen LogP contribution >= 0.6 is 0 Å². The van der Waals surface area contributed by atoms with Crippen LogP contribution in [0.25, 0.3) is 11.0 Å². The summed E-state index contributed by atoms with van der Waals surface area (Å²) in [6.07, 6.45) is 1.74. The van der Waals surface area contributed by atoms with Crippen LogP contribution in [-0.2, 0) is 6.18 Å². The summed E-state index contributed by atoms with van der Waals surface area (Å²) in [5, 5.41) is 0. The Morgan fingerprint density at radius 1 is 1.11 bits per heavy atom. The Labute approximate surface area is 99.3 Å². The molecular formula is C11H7F3N4. The van der Waals surface area contributed by atoms with Gasteiger partial charge in [-0.2, -0.15) is 13.2 Å². The topological polar surface area (TPSA) is 35.6 Å². The molecule has 2 heterocycles. The zero-order chi connectivity index (χ0) is 12.8. The summed E-state index contributed by atoms with van der Waals surface area (Å²) in [5.41, 5.74) is 0.177. The van der Waals surface area contributed by atoms with Gasteiger partial charge in [-0.25, -0.2) is 19.3 Å². The molecule has 3 aromatic rings. The van der Waals surface area contributed by atoms with Gasteiger partial charge in [-0.1, -0.05) is 0 Å². The van der Waals surface area contributed by atoms with Gasteiger partial charge in [0, 0.05) is 12.4 Å². The van der Waals surface area contributed by atoms with Crippen LogP contribution in [0.2, 0.25) is 0 Å². The third-order valence-electron chi connectivity index (χ3n) is 2.59. The molecular weight excluding hydrogens is 245 g/mol. The Morgan fingerprint density at radius 3 is 2.61 bits per heavy atom. The molecule has 3 rings (SSSR count). The molecule has 7 heteroatoms.